The monoisotopic (exact) mass is 561 g/mol. The van der Waals surface area contributed by atoms with Gasteiger partial charge in [0, 0.05) is 10.9 Å². The zero-order valence-corrected chi connectivity index (χ0v) is 22.6. The summed E-state index contributed by atoms with van der Waals surface area (Å²) in [4.78, 5) is 43.7. The van der Waals surface area contributed by atoms with Crippen molar-refractivity contribution in [1.29, 1.82) is 0 Å². The molecule has 3 aliphatic heterocycles. The molecular formula is C30H28ClN3O4S. The Bertz CT molecular complexity index is 1410. The molecule has 0 radical (unpaired) electrons. The average Bonchev–Trinajstić information content (AvgIpc) is 3.59. The molecule has 3 N–H and O–H groups in total. The van der Waals surface area contributed by atoms with Crippen molar-refractivity contribution in [3.63, 3.8) is 0 Å². The van der Waals surface area contributed by atoms with Gasteiger partial charge in [0.25, 0.3) is 0 Å². The van der Waals surface area contributed by atoms with Crippen LogP contribution >= 0.6 is 23.4 Å². The van der Waals surface area contributed by atoms with Crippen molar-refractivity contribution in [2.75, 3.05) is 17.2 Å². The lowest BCUT2D eigenvalue weighted by Crippen LogP contribution is -2.52. The van der Waals surface area contributed by atoms with Crippen molar-refractivity contribution in [2.24, 2.45) is 11.8 Å². The lowest BCUT2D eigenvalue weighted by atomic mass is 9.70. The van der Waals surface area contributed by atoms with Gasteiger partial charge in [-0.05, 0) is 42.7 Å². The highest BCUT2D eigenvalue weighted by atomic mass is 35.5. The molecule has 6 rings (SSSR count). The van der Waals surface area contributed by atoms with Gasteiger partial charge in [-0.3, -0.25) is 14.4 Å². The molecule has 3 heterocycles. The van der Waals surface area contributed by atoms with Crippen LogP contribution < -0.4 is 10.6 Å². The second-order valence-electron chi connectivity index (χ2n) is 10.2. The van der Waals surface area contributed by atoms with Crippen LogP contribution in [0, 0.1) is 11.8 Å². The fraction of sp³-hybridized carbons (Fsp3) is 0.300. The third-order valence-corrected chi connectivity index (χ3v) is 10.4. The van der Waals surface area contributed by atoms with Crippen LogP contribution in [-0.4, -0.2) is 50.4 Å². The largest absolute Gasteiger partial charge is 0.394 e. The Kier molecular flexibility index (Phi) is 6.87. The molecular weight excluding hydrogens is 534 g/mol. The maximum absolute atomic E-state index is 14.4. The molecule has 3 saturated heterocycles. The SMILES string of the molecule is O=C(Nc1ccccc1Cl)C1N([C@H](CO)c2ccccc2)C(=O)[C@@H]2[C@H](C(=O)Nc3ccccc3)[C@@H]3CCC12S3. The maximum atomic E-state index is 14.4. The number of thioether (sulfide) groups is 1. The van der Waals surface area contributed by atoms with E-state index in [2.05, 4.69) is 10.6 Å². The van der Waals surface area contributed by atoms with Crippen molar-refractivity contribution < 1.29 is 19.5 Å². The topological polar surface area (TPSA) is 98.7 Å². The van der Waals surface area contributed by atoms with Crippen molar-refractivity contribution in [3.8, 4) is 0 Å². The van der Waals surface area contributed by atoms with E-state index < -0.39 is 28.7 Å². The number of aliphatic hydroxyl groups excluding tert-OH is 1. The Morgan fingerprint density at radius 3 is 2.33 bits per heavy atom. The number of nitrogens with zero attached hydrogens (tertiary/aromatic N) is 1. The van der Waals surface area contributed by atoms with Gasteiger partial charge in [0.05, 0.1) is 39.9 Å². The summed E-state index contributed by atoms with van der Waals surface area (Å²) in [5, 5.41) is 16.8. The number of hydrogen-bond donors (Lipinski definition) is 3. The summed E-state index contributed by atoms with van der Waals surface area (Å²) in [6.07, 6.45) is 1.35. The van der Waals surface area contributed by atoms with Crippen LogP contribution in [0.4, 0.5) is 11.4 Å². The van der Waals surface area contributed by atoms with E-state index in [-0.39, 0.29) is 29.6 Å². The second-order valence-corrected chi connectivity index (χ2v) is 12.2. The van der Waals surface area contributed by atoms with E-state index in [0.29, 0.717) is 22.8 Å². The highest BCUT2D eigenvalue weighted by Gasteiger charge is 2.74. The van der Waals surface area contributed by atoms with Crippen molar-refractivity contribution in [2.45, 2.75) is 34.9 Å². The normalized spacial score (nSPS) is 27.7. The van der Waals surface area contributed by atoms with Crippen LogP contribution in [0.3, 0.4) is 0 Å². The minimum absolute atomic E-state index is 0.0790. The molecule has 3 fully saturated rings. The Balaban J connectivity index is 1.41. The third-order valence-electron chi connectivity index (χ3n) is 8.16. The summed E-state index contributed by atoms with van der Waals surface area (Å²) < 4.78 is -0.798. The number of aliphatic hydroxyl groups is 1. The quantitative estimate of drug-likeness (QED) is 0.387. The molecule has 1 spiro atoms. The first-order valence-corrected chi connectivity index (χ1v) is 14.3. The maximum Gasteiger partial charge on any atom is 0.248 e. The summed E-state index contributed by atoms with van der Waals surface area (Å²) in [5.41, 5.74) is 1.84. The summed E-state index contributed by atoms with van der Waals surface area (Å²) in [6, 6.07) is 23.7. The zero-order chi connectivity index (χ0) is 27.1. The van der Waals surface area contributed by atoms with Gasteiger partial charge in [-0.15, -0.1) is 11.8 Å². The molecule has 39 heavy (non-hydrogen) atoms. The zero-order valence-electron chi connectivity index (χ0n) is 21.0. The van der Waals surface area contributed by atoms with E-state index in [1.807, 2.05) is 60.7 Å². The number of amides is 3. The molecule has 3 aliphatic rings. The number of likely N-dealkylation sites (tertiary alicyclic amines) is 1. The number of carbonyl (C=O) groups excluding carboxylic acids is 3. The van der Waals surface area contributed by atoms with Gasteiger partial charge < -0.3 is 20.6 Å². The van der Waals surface area contributed by atoms with Crippen LogP contribution in [0.25, 0.3) is 0 Å². The number of benzene rings is 3. The summed E-state index contributed by atoms with van der Waals surface area (Å²) in [6.45, 7) is -0.358. The van der Waals surface area contributed by atoms with Crippen molar-refractivity contribution in [3.05, 3.63) is 95.5 Å². The number of carbonyl (C=O) groups is 3. The predicted molar refractivity (Wildman–Crippen MR) is 152 cm³/mol. The van der Waals surface area contributed by atoms with E-state index >= 15 is 0 Å². The molecule has 9 heteroatoms. The second kappa shape index (κ2) is 10.3. The van der Waals surface area contributed by atoms with Gasteiger partial charge in [0.1, 0.15) is 6.04 Å². The van der Waals surface area contributed by atoms with E-state index in [1.165, 1.54) is 4.90 Å². The van der Waals surface area contributed by atoms with E-state index in [0.717, 1.165) is 12.0 Å². The smallest absolute Gasteiger partial charge is 0.248 e. The number of para-hydroxylation sites is 2. The summed E-state index contributed by atoms with van der Waals surface area (Å²) >= 11 is 7.94. The first kappa shape index (κ1) is 25.9. The van der Waals surface area contributed by atoms with Crippen molar-refractivity contribution >= 4 is 52.5 Å². The molecule has 3 aromatic carbocycles. The molecule has 200 valence electrons. The van der Waals surface area contributed by atoms with Gasteiger partial charge in [0.15, 0.2) is 0 Å². The van der Waals surface area contributed by atoms with Gasteiger partial charge in [-0.1, -0.05) is 72.3 Å². The number of hydrogen-bond acceptors (Lipinski definition) is 5. The van der Waals surface area contributed by atoms with Crippen LogP contribution in [0.15, 0.2) is 84.9 Å². The summed E-state index contributed by atoms with van der Waals surface area (Å²) in [7, 11) is 0. The molecule has 0 aliphatic carbocycles. The molecule has 0 aromatic heterocycles. The van der Waals surface area contributed by atoms with Crippen LogP contribution in [0.1, 0.15) is 24.4 Å². The van der Waals surface area contributed by atoms with Crippen LogP contribution in [0.5, 0.6) is 0 Å². The first-order chi connectivity index (χ1) is 18.9. The van der Waals surface area contributed by atoms with Crippen molar-refractivity contribution in [1.82, 2.24) is 4.90 Å². The first-order valence-electron chi connectivity index (χ1n) is 13.0. The lowest BCUT2D eigenvalue weighted by molar-refractivity contribution is -0.141. The van der Waals surface area contributed by atoms with Gasteiger partial charge in [-0.2, -0.15) is 0 Å². The van der Waals surface area contributed by atoms with Gasteiger partial charge >= 0.3 is 0 Å². The Labute approximate surface area is 235 Å². The fourth-order valence-corrected chi connectivity index (χ4v) is 8.96. The Morgan fingerprint density at radius 2 is 1.64 bits per heavy atom. The minimum Gasteiger partial charge on any atom is -0.394 e. The molecule has 2 bridgehead atoms. The summed E-state index contributed by atoms with van der Waals surface area (Å²) in [5.74, 6) is -2.14. The number of nitrogens with one attached hydrogen (secondary N) is 2. The van der Waals surface area contributed by atoms with Crippen LogP contribution in [-0.2, 0) is 14.4 Å². The lowest BCUT2D eigenvalue weighted by Gasteiger charge is -2.37. The molecule has 2 unspecified atom stereocenters. The standard InChI is InChI=1S/C30H28ClN3O4S/c31-20-13-7-8-14-21(20)33-28(37)26-30-16-15-23(39-30)24(27(36)32-19-11-5-2-6-12-19)25(30)29(38)34(26)22(17-35)18-9-3-1-4-10-18/h1-14,22-26,35H,15-17H2,(H,32,36)(H,33,37)/t22-,23+,24-,25+,26?,30?/m1/s1. The van der Waals surface area contributed by atoms with Gasteiger partial charge in [0.2, 0.25) is 17.7 Å². The third kappa shape index (κ3) is 4.31. The predicted octanol–water partition coefficient (Wildman–Crippen LogP) is 4.74. The molecule has 7 nitrogen and oxygen atoms in total. The van der Waals surface area contributed by atoms with Crippen LogP contribution in [0.2, 0.25) is 5.02 Å². The molecule has 6 atom stereocenters. The van der Waals surface area contributed by atoms with E-state index in [4.69, 9.17) is 11.6 Å². The molecule has 3 amide bonds. The number of fused-ring (bicyclic) bond motifs is 1. The Hall–Kier alpha value is -3.33. The highest BCUT2D eigenvalue weighted by molar-refractivity contribution is 8.02. The average molecular weight is 562 g/mol. The molecule has 0 saturated carbocycles. The van der Waals surface area contributed by atoms with E-state index in [1.54, 1.807) is 36.0 Å². The minimum atomic E-state index is -0.895. The number of anilines is 2. The highest BCUT2D eigenvalue weighted by Crippen LogP contribution is 2.67. The number of rotatable bonds is 7. The van der Waals surface area contributed by atoms with E-state index in [9.17, 15) is 19.5 Å². The molecule has 3 aromatic rings. The van der Waals surface area contributed by atoms with Gasteiger partial charge in [-0.25, -0.2) is 0 Å². The number of halogens is 1. The Morgan fingerprint density at radius 1 is 0.974 bits per heavy atom. The fourth-order valence-electron chi connectivity index (χ4n) is 6.57.